The van der Waals surface area contributed by atoms with E-state index in [1.54, 1.807) is 11.0 Å². The third-order valence-corrected chi connectivity index (χ3v) is 4.64. The molecule has 24 heavy (non-hydrogen) atoms. The zero-order chi connectivity index (χ0) is 17.1. The van der Waals surface area contributed by atoms with Gasteiger partial charge in [0.1, 0.15) is 30.5 Å². The average molecular weight is 328 g/mol. The molecule has 0 aliphatic carbocycles. The summed E-state index contributed by atoms with van der Waals surface area (Å²) in [6.07, 6.45) is 4.90. The van der Waals surface area contributed by atoms with Gasteiger partial charge in [0, 0.05) is 25.9 Å². The Morgan fingerprint density at radius 2 is 1.92 bits per heavy atom. The number of amides is 1. The van der Waals surface area contributed by atoms with Crippen LogP contribution in [0, 0.1) is 13.8 Å². The van der Waals surface area contributed by atoms with E-state index >= 15 is 0 Å². The lowest BCUT2D eigenvalue weighted by atomic mass is 10.1. The van der Waals surface area contributed by atoms with E-state index in [2.05, 4.69) is 36.1 Å². The predicted octanol–water partition coefficient (Wildman–Crippen LogP) is 2.53. The number of hydrogen-bond donors (Lipinski definition) is 0. The van der Waals surface area contributed by atoms with E-state index in [1.807, 2.05) is 17.9 Å². The van der Waals surface area contributed by atoms with Crippen molar-refractivity contribution in [3.8, 4) is 5.75 Å². The van der Waals surface area contributed by atoms with Crippen LogP contribution in [0.3, 0.4) is 0 Å². The van der Waals surface area contributed by atoms with Gasteiger partial charge in [-0.3, -0.25) is 4.79 Å². The number of aryl methyl sites for hydroxylation is 2. The molecule has 1 aliphatic rings. The van der Waals surface area contributed by atoms with Gasteiger partial charge in [0.25, 0.3) is 0 Å². The summed E-state index contributed by atoms with van der Waals surface area (Å²) in [6, 6.07) is 5.87. The Labute approximate surface area is 142 Å². The zero-order valence-corrected chi connectivity index (χ0v) is 14.5. The van der Waals surface area contributed by atoms with Crippen LogP contribution in [0.1, 0.15) is 36.9 Å². The lowest BCUT2D eigenvalue weighted by Crippen LogP contribution is -2.44. The van der Waals surface area contributed by atoms with Crippen molar-refractivity contribution < 1.29 is 9.53 Å². The molecular formula is C18H24N4O2. The molecule has 1 aromatic carbocycles. The standard InChI is InChI=1S/C18H24N4O2/c1-13-5-4-6-14(2)17(13)24-16-7-9-21(10-8-16)18(23)15(3)22-12-19-11-20-22/h4-6,11-12,15-16H,7-10H2,1-3H3. The molecule has 0 bridgehead atoms. The highest BCUT2D eigenvalue weighted by Gasteiger charge is 2.28. The van der Waals surface area contributed by atoms with Crippen LogP contribution in [0.2, 0.25) is 0 Å². The fourth-order valence-electron chi connectivity index (χ4n) is 3.14. The topological polar surface area (TPSA) is 60.2 Å². The first-order valence-electron chi connectivity index (χ1n) is 8.42. The number of para-hydroxylation sites is 1. The van der Waals surface area contributed by atoms with Crippen LogP contribution in [0.5, 0.6) is 5.75 Å². The first kappa shape index (κ1) is 16.5. The summed E-state index contributed by atoms with van der Waals surface area (Å²) in [4.78, 5) is 18.4. The largest absolute Gasteiger partial charge is 0.490 e. The van der Waals surface area contributed by atoms with E-state index in [0.717, 1.165) is 29.7 Å². The molecule has 3 rings (SSSR count). The molecule has 0 radical (unpaired) electrons. The molecule has 0 spiro atoms. The Hall–Kier alpha value is -2.37. The molecule has 1 fully saturated rings. The van der Waals surface area contributed by atoms with E-state index in [9.17, 15) is 4.79 Å². The maximum atomic E-state index is 12.6. The van der Waals surface area contributed by atoms with Gasteiger partial charge >= 0.3 is 0 Å². The Bertz CT molecular complexity index is 671. The summed E-state index contributed by atoms with van der Waals surface area (Å²) in [5.41, 5.74) is 2.32. The van der Waals surface area contributed by atoms with Gasteiger partial charge in [0.05, 0.1) is 0 Å². The number of likely N-dealkylation sites (tertiary alicyclic amines) is 1. The van der Waals surface area contributed by atoms with Crippen LogP contribution in [0.4, 0.5) is 0 Å². The lowest BCUT2D eigenvalue weighted by molar-refractivity contribution is -0.136. The minimum absolute atomic E-state index is 0.0889. The Morgan fingerprint density at radius 3 is 2.50 bits per heavy atom. The monoisotopic (exact) mass is 328 g/mol. The van der Waals surface area contributed by atoms with Crippen molar-refractivity contribution >= 4 is 5.91 Å². The second kappa shape index (κ2) is 7.03. The van der Waals surface area contributed by atoms with E-state index in [0.29, 0.717) is 13.1 Å². The summed E-state index contributed by atoms with van der Waals surface area (Å²) in [5.74, 6) is 1.07. The number of rotatable bonds is 4. The van der Waals surface area contributed by atoms with Gasteiger partial charge in [-0.15, -0.1) is 0 Å². The lowest BCUT2D eigenvalue weighted by Gasteiger charge is -2.34. The Kier molecular flexibility index (Phi) is 4.83. The minimum Gasteiger partial charge on any atom is -0.490 e. The highest BCUT2D eigenvalue weighted by Crippen LogP contribution is 2.26. The van der Waals surface area contributed by atoms with Crippen LogP contribution in [0.15, 0.2) is 30.9 Å². The van der Waals surface area contributed by atoms with Crippen LogP contribution < -0.4 is 4.74 Å². The fourth-order valence-corrected chi connectivity index (χ4v) is 3.14. The maximum absolute atomic E-state index is 12.6. The molecule has 1 unspecified atom stereocenters. The molecule has 1 amide bonds. The molecule has 6 heteroatoms. The van der Waals surface area contributed by atoms with Gasteiger partial charge in [-0.05, 0) is 31.9 Å². The van der Waals surface area contributed by atoms with Gasteiger partial charge < -0.3 is 9.64 Å². The molecule has 1 aliphatic heterocycles. The van der Waals surface area contributed by atoms with Crippen LogP contribution >= 0.6 is 0 Å². The minimum atomic E-state index is -0.316. The van der Waals surface area contributed by atoms with E-state index in [1.165, 1.54) is 6.33 Å². The second-order valence-electron chi connectivity index (χ2n) is 6.41. The molecule has 0 saturated carbocycles. The van der Waals surface area contributed by atoms with Crippen LogP contribution in [0.25, 0.3) is 0 Å². The van der Waals surface area contributed by atoms with Gasteiger partial charge in [-0.25, -0.2) is 9.67 Å². The predicted molar refractivity (Wildman–Crippen MR) is 90.9 cm³/mol. The zero-order valence-electron chi connectivity index (χ0n) is 14.5. The van der Waals surface area contributed by atoms with Crippen LogP contribution in [-0.4, -0.2) is 44.8 Å². The second-order valence-corrected chi connectivity index (χ2v) is 6.41. The number of benzene rings is 1. The van der Waals surface area contributed by atoms with Crippen molar-refractivity contribution in [3.05, 3.63) is 42.0 Å². The summed E-state index contributed by atoms with van der Waals surface area (Å²) in [7, 11) is 0. The van der Waals surface area contributed by atoms with E-state index < -0.39 is 0 Å². The number of aromatic nitrogens is 3. The molecule has 1 saturated heterocycles. The molecular weight excluding hydrogens is 304 g/mol. The number of carbonyl (C=O) groups excluding carboxylic acids is 1. The third-order valence-electron chi connectivity index (χ3n) is 4.64. The van der Waals surface area contributed by atoms with Crippen LogP contribution in [-0.2, 0) is 4.79 Å². The molecule has 0 N–H and O–H groups in total. The third kappa shape index (κ3) is 3.42. The average Bonchev–Trinajstić information content (AvgIpc) is 3.12. The number of nitrogens with zero attached hydrogens (tertiary/aromatic N) is 4. The smallest absolute Gasteiger partial charge is 0.247 e. The SMILES string of the molecule is Cc1cccc(C)c1OC1CCN(C(=O)C(C)n2cncn2)CC1. The number of carbonyl (C=O) groups is 1. The van der Waals surface area contributed by atoms with Gasteiger partial charge in [-0.2, -0.15) is 5.10 Å². The highest BCUT2D eigenvalue weighted by atomic mass is 16.5. The van der Waals surface area contributed by atoms with Crippen molar-refractivity contribution in [1.82, 2.24) is 19.7 Å². The van der Waals surface area contributed by atoms with Gasteiger partial charge in [0.15, 0.2) is 0 Å². The summed E-state index contributed by atoms with van der Waals surface area (Å²) < 4.78 is 7.81. The van der Waals surface area contributed by atoms with Crippen molar-refractivity contribution in [3.63, 3.8) is 0 Å². The fraction of sp³-hybridized carbons (Fsp3) is 0.500. The molecule has 2 heterocycles. The highest BCUT2D eigenvalue weighted by molar-refractivity contribution is 5.80. The molecule has 1 atom stereocenters. The quantitative estimate of drug-likeness (QED) is 0.865. The van der Waals surface area contributed by atoms with Gasteiger partial charge in [0.2, 0.25) is 5.91 Å². The Balaban J connectivity index is 1.57. The first-order valence-corrected chi connectivity index (χ1v) is 8.42. The number of piperidine rings is 1. The molecule has 6 nitrogen and oxygen atoms in total. The number of hydrogen-bond acceptors (Lipinski definition) is 4. The first-order chi connectivity index (χ1) is 11.6. The number of ether oxygens (including phenoxy) is 1. The van der Waals surface area contributed by atoms with Gasteiger partial charge in [-0.1, -0.05) is 18.2 Å². The summed E-state index contributed by atoms with van der Waals surface area (Å²) in [5, 5.41) is 4.06. The van der Waals surface area contributed by atoms with E-state index in [4.69, 9.17) is 4.74 Å². The van der Waals surface area contributed by atoms with Crippen molar-refractivity contribution in [2.45, 2.75) is 45.8 Å². The summed E-state index contributed by atoms with van der Waals surface area (Å²) in [6.45, 7) is 7.43. The van der Waals surface area contributed by atoms with Crippen molar-refractivity contribution in [1.29, 1.82) is 0 Å². The maximum Gasteiger partial charge on any atom is 0.247 e. The van der Waals surface area contributed by atoms with Crippen molar-refractivity contribution in [2.75, 3.05) is 13.1 Å². The summed E-state index contributed by atoms with van der Waals surface area (Å²) >= 11 is 0. The van der Waals surface area contributed by atoms with Crippen molar-refractivity contribution in [2.24, 2.45) is 0 Å². The van der Waals surface area contributed by atoms with E-state index in [-0.39, 0.29) is 18.1 Å². The normalized spacial score (nSPS) is 16.9. The Morgan fingerprint density at radius 1 is 1.25 bits per heavy atom. The molecule has 1 aromatic heterocycles. The molecule has 2 aromatic rings. The molecule has 128 valence electrons.